The highest BCUT2D eigenvalue weighted by atomic mass is 32.1. The zero-order valence-electron chi connectivity index (χ0n) is 21.5. The summed E-state index contributed by atoms with van der Waals surface area (Å²) in [5.41, 5.74) is 7.79. The third-order valence-corrected chi connectivity index (χ3v) is 5.79. The number of unbranched alkanes of at least 4 members (excludes halogenated alkanes) is 3. The van der Waals surface area contributed by atoms with Crippen molar-refractivity contribution in [1.82, 2.24) is 16.2 Å². The van der Waals surface area contributed by atoms with Gasteiger partial charge >= 0.3 is 0 Å². The Bertz CT molecular complexity index is 1260. The van der Waals surface area contributed by atoms with Gasteiger partial charge in [0.15, 0.2) is 5.11 Å². The maximum absolute atomic E-state index is 12.4. The molecule has 0 unspecified atom stereocenters. The van der Waals surface area contributed by atoms with Gasteiger partial charge in [-0.1, -0.05) is 43.9 Å². The Balaban J connectivity index is 1.42. The van der Waals surface area contributed by atoms with E-state index in [0.29, 0.717) is 34.7 Å². The predicted octanol–water partition coefficient (Wildman–Crippen LogP) is 5.16. The van der Waals surface area contributed by atoms with Crippen LogP contribution in [0.2, 0.25) is 0 Å². The highest BCUT2D eigenvalue weighted by Crippen LogP contribution is 2.14. The molecular formula is C29H32N4O4S. The first kappa shape index (κ1) is 28.3. The topological polar surface area (TPSA) is 109 Å². The van der Waals surface area contributed by atoms with Crippen molar-refractivity contribution in [2.75, 3.05) is 11.9 Å². The van der Waals surface area contributed by atoms with Crippen molar-refractivity contribution in [2.45, 2.75) is 39.5 Å². The van der Waals surface area contributed by atoms with E-state index < -0.39 is 11.8 Å². The van der Waals surface area contributed by atoms with E-state index in [2.05, 4.69) is 28.4 Å². The van der Waals surface area contributed by atoms with Gasteiger partial charge in [0.25, 0.3) is 17.7 Å². The van der Waals surface area contributed by atoms with E-state index in [4.69, 9.17) is 17.0 Å². The van der Waals surface area contributed by atoms with Crippen LogP contribution in [0.25, 0.3) is 0 Å². The van der Waals surface area contributed by atoms with Crippen molar-refractivity contribution in [1.29, 1.82) is 0 Å². The summed E-state index contributed by atoms with van der Waals surface area (Å²) >= 11 is 5.11. The predicted molar refractivity (Wildman–Crippen MR) is 152 cm³/mol. The number of hydrazine groups is 1. The van der Waals surface area contributed by atoms with Crippen molar-refractivity contribution in [3.8, 4) is 5.75 Å². The Kier molecular flexibility index (Phi) is 10.8. The molecule has 198 valence electrons. The summed E-state index contributed by atoms with van der Waals surface area (Å²) in [6, 6.07) is 20.4. The van der Waals surface area contributed by atoms with Gasteiger partial charge in [0.05, 0.1) is 6.61 Å². The molecule has 0 saturated heterocycles. The molecule has 0 spiro atoms. The van der Waals surface area contributed by atoms with E-state index in [0.717, 1.165) is 18.4 Å². The average molecular weight is 533 g/mol. The van der Waals surface area contributed by atoms with Crippen LogP contribution < -0.4 is 26.2 Å². The molecule has 3 rings (SSSR count). The first-order valence-electron chi connectivity index (χ1n) is 12.5. The van der Waals surface area contributed by atoms with Gasteiger partial charge in [-0.15, -0.1) is 0 Å². The molecule has 4 N–H and O–H groups in total. The molecule has 0 aromatic heterocycles. The van der Waals surface area contributed by atoms with Crippen LogP contribution in [0.4, 0.5) is 5.69 Å². The Hall–Kier alpha value is -4.24. The van der Waals surface area contributed by atoms with Crippen LogP contribution in [-0.2, 0) is 0 Å². The van der Waals surface area contributed by atoms with Crippen molar-refractivity contribution in [2.24, 2.45) is 0 Å². The van der Waals surface area contributed by atoms with E-state index in [-0.39, 0.29) is 11.0 Å². The lowest BCUT2D eigenvalue weighted by Crippen LogP contribution is -2.48. The number of thiocarbonyl (C=S) groups is 1. The number of rotatable bonds is 10. The highest BCUT2D eigenvalue weighted by Gasteiger charge is 2.11. The van der Waals surface area contributed by atoms with Crippen molar-refractivity contribution in [3.63, 3.8) is 0 Å². The minimum atomic E-state index is -0.460. The van der Waals surface area contributed by atoms with Gasteiger partial charge in [0, 0.05) is 22.4 Å². The maximum Gasteiger partial charge on any atom is 0.269 e. The van der Waals surface area contributed by atoms with Crippen LogP contribution in [0.3, 0.4) is 0 Å². The van der Waals surface area contributed by atoms with Crippen LogP contribution >= 0.6 is 12.2 Å². The number of carbonyl (C=O) groups excluding carboxylic acids is 3. The van der Waals surface area contributed by atoms with E-state index in [1.54, 1.807) is 60.7 Å². The molecule has 0 aliphatic heterocycles. The lowest BCUT2D eigenvalue weighted by Gasteiger charge is -2.12. The van der Waals surface area contributed by atoms with E-state index in [9.17, 15) is 14.4 Å². The third-order valence-electron chi connectivity index (χ3n) is 5.58. The second-order valence-corrected chi connectivity index (χ2v) is 9.11. The van der Waals surface area contributed by atoms with Crippen LogP contribution in [-0.4, -0.2) is 29.4 Å². The number of benzene rings is 3. The number of aryl methyl sites for hydroxylation is 1. The highest BCUT2D eigenvalue weighted by molar-refractivity contribution is 7.80. The van der Waals surface area contributed by atoms with E-state index in [1.807, 2.05) is 19.1 Å². The number of amides is 3. The minimum Gasteiger partial charge on any atom is -0.494 e. The number of nitrogens with one attached hydrogen (secondary N) is 4. The maximum atomic E-state index is 12.4. The third kappa shape index (κ3) is 9.01. The minimum absolute atomic E-state index is 0.0540. The molecule has 0 atom stereocenters. The van der Waals surface area contributed by atoms with Crippen molar-refractivity contribution in [3.05, 3.63) is 95.1 Å². The molecule has 0 aliphatic carbocycles. The lowest BCUT2D eigenvalue weighted by atomic mass is 10.1. The second-order valence-electron chi connectivity index (χ2n) is 8.70. The van der Waals surface area contributed by atoms with Crippen molar-refractivity contribution >= 4 is 40.7 Å². The molecule has 9 heteroatoms. The van der Waals surface area contributed by atoms with Crippen LogP contribution in [0.1, 0.15) is 69.2 Å². The molecule has 0 bridgehead atoms. The Morgan fingerprint density at radius 1 is 0.763 bits per heavy atom. The number of ether oxygens (including phenoxy) is 1. The largest absolute Gasteiger partial charge is 0.494 e. The van der Waals surface area contributed by atoms with Crippen LogP contribution in [0, 0.1) is 6.92 Å². The monoisotopic (exact) mass is 532 g/mol. The summed E-state index contributed by atoms with van der Waals surface area (Å²) in [5, 5.41) is 5.26. The first-order valence-corrected chi connectivity index (χ1v) is 12.9. The molecule has 8 nitrogen and oxygen atoms in total. The van der Waals surface area contributed by atoms with Crippen LogP contribution in [0.5, 0.6) is 5.75 Å². The number of hydrogen-bond donors (Lipinski definition) is 4. The average Bonchev–Trinajstić information content (AvgIpc) is 2.92. The molecule has 0 aliphatic rings. The molecule has 3 aromatic carbocycles. The summed E-state index contributed by atoms with van der Waals surface area (Å²) in [4.78, 5) is 37.3. The van der Waals surface area contributed by atoms with Gasteiger partial charge in [0.1, 0.15) is 5.75 Å². The van der Waals surface area contributed by atoms with Crippen LogP contribution in [0.15, 0.2) is 72.8 Å². The molecule has 38 heavy (non-hydrogen) atoms. The molecule has 0 heterocycles. The zero-order chi connectivity index (χ0) is 27.3. The Morgan fingerprint density at radius 3 is 2.13 bits per heavy atom. The van der Waals surface area contributed by atoms with E-state index >= 15 is 0 Å². The fourth-order valence-electron chi connectivity index (χ4n) is 3.51. The standard InChI is InChI=1S/C29H32N4O4S/c1-3-4-5-6-18-37-25-16-12-21(13-17-25)26(34)31-29(38)33-32-28(36)22-10-14-24(15-11-22)30-27(35)23-9-7-8-20(2)19-23/h7-17,19H,3-6,18H2,1-2H3,(H,30,35)(H,32,36)(H2,31,33,34,38). The van der Waals surface area contributed by atoms with Gasteiger partial charge < -0.3 is 10.1 Å². The summed E-state index contributed by atoms with van der Waals surface area (Å²) in [6.07, 6.45) is 4.50. The molecule has 0 radical (unpaired) electrons. The Labute approximate surface area is 228 Å². The molecule has 0 fully saturated rings. The van der Waals surface area contributed by atoms with Gasteiger partial charge in [-0.2, -0.15) is 0 Å². The fourth-order valence-corrected chi connectivity index (χ4v) is 3.65. The second kappa shape index (κ2) is 14.5. The first-order chi connectivity index (χ1) is 18.4. The summed E-state index contributed by atoms with van der Waals surface area (Å²) in [7, 11) is 0. The summed E-state index contributed by atoms with van der Waals surface area (Å²) in [6.45, 7) is 4.72. The van der Waals surface area contributed by atoms with Crippen molar-refractivity contribution < 1.29 is 19.1 Å². The van der Waals surface area contributed by atoms with Gasteiger partial charge in [-0.05, 0) is 86.2 Å². The summed E-state index contributed by atoms with van der Waals surface area (Å²) < 4.78 is 5.69. The fraction of sp³-hybridized carbons (Fsp3) is 0.241. The quantitative estimate of drug-likeness (QED) is 0.163. The lowest BCUT2D eigenvalue weighted by molar-refractivity contribution is 0.0934. The number of anilines is 1. The smallest absolute Gasteiger partial charge is 0.269 e. The van der Waals surface area contributed by atoms with Gasteiger partial charge in [0.2, 0.25) is 0 Å². The molecule has 3 amide bonds. The Morgan fingerprint density at radius 2 is 1.45 bits per heavy atom. The number of carbonyl (C=O) groups is 3. The van der Waals surface area contributed by atoms with Gasteiger partial charge in [-0.25, -0.2) is 0 Å². The number of hydrogen-bond acceptors (Lipinski definition) is 5. The molecular weight excluding hydrogens is 500 g/mol. The van der Waals surface area contributed by atoms with E-state index in [1.165, 1.54) is 12.8 Å². The normalized spacial score (nSPS) is 10.3. The summed E-state index contributed by atoms with van der Waals surface area (Å²) in [5.74, 6) is -0.413. The zero-order valence-corrected chi connectivity index (χ0v) is 22.3. The SMILES string of the molecule is CCCCCCOc1ccc(C(=O)NC(=S)NNC(=O)c2ccc(NC(=O)c3cccc(C)c3)cc2)cc1. The molecule has 0 saturated carbocycles. The van der Waals surface area contributed by atoms with Gasteiger partial charge in [-0.3, -0.25) is 30.6 Å². The molecule has 3 aromatic rings.